The number of carbonyl (C=O) groups is 1. The SMILES string of the molecule is COCC1(C(=O)NC2CCC(C(F)(F)F)CC2)CCNC1. The monoisotopic (exact) mass is 308 g/mol. The van der Waals surface area contributed by atoms with Gasteiger partial charge in [0.25, 0.3) is 0 Å². The first-order valence-electron chi connectivity index (χ1n) is 7.45. The highest BCUT2D eigenvalue weighted by Crippen LogP contribution is 2.37. The smallest absolute Gasteiger partial charge is 0.384 e. The molecule has 1 amide bonds. The van der Waals surface area contributed by atoms with Crippen LogP contribution in [0.1, 0.15) is 32.1 Å². The molecule has 1 aliphatic heterocycles. The Kier molecular flexibility index (Phi) is 5.14. The van der Waals surface area contributed by atoms with Gasteiger partial charge < -0.3 is 15.4 Å². The van der Waals surface area contributed by atoms with Gasteiger partial charge in [-0.2, -0.15) is 13.2 Å². The van der Waals surface area contributed by atoms with E-state index in [-0.39, 0.29) is 24.8 Å². The number of carbonyl (C=O) groups excluding carboxylic acids is 1. The van der Waals surface area contributed by atoms with Gasteiger partial charge in [-0.05, 0) is 38.6 Å². The predicted octanol–water partition coefficient (Wildman–Crippen LogP) is 1.85. The van der Waals surface area contributed by atoms with Crippen LogP contribution in [0.5, 0.6) is 0 Å². The van der Waals surface area contributed by atoms with Crippen LogP contribution in [-0.2, 0) is 9.53 Å². The normalized spacial score (nSPS) is 33.9. The molecule has 2 aliphatic rings. The minimum Gasteiger partial charge on any atom is -0.384 e. The number of halogens is 3. The second-order valence-electron chi connectivity index (χ2n) is 6.20. The van der Waals surface area contributed by atoms with Crippen molar-refractivity contribution >= 4 is 5.91 Å². The molecule has 21 heavy (non-hydrogen) atoms. The van der Waals surface area contributed by atoms with Crippen LogP contribution in [0.15, 0.2) is 0 Å². The summed E-state index contributed by atoms with van der Waals surface area (Å²) < 4.78 is 43.0. The molecule has 0 spiro atoms. The Morgan fingerprint density at radius 2 is 2.00 bits per heavy atom. The Morgan fingerprint density at radius 1 is 1.33 bits per heavy atom. The van der Waals surface area contributed by atoms with Crippen LogP contribution < -0.4 is 10.6 Å². The molecule has 2 N–H and O–H groups in total. The molecule has 7 heteroatoms. The third kappa shape index (κ3) is 3.88. The molecule has 0 bridgehead atoms. The average Bonchev–Trinajstić information content (AvgIpc) is 2.89. The quantitative estimate of drug-likeness (QED) is 0.833. The Labute approximate surface area is 122 Å². The van der Waals surface area contributed by atoms with Crippen molar-refractivity contribution < 1.29 is 22.7 Å². The molecule has 0 aromatic rings. The van der Waals surface area contributed by atoms with Gasteiger partial charge in [-0.25, -0.2) is 0 Å². The van der Waals surface area contributed by atoms with Gasteiger partial charge in [-0.1, -0.05) is 0 Å². The highest BCUT2D eigenvalue weighted by atomic mass is 19.4. The molecule has 1 aliphatic carbocycles. The topological polar surface area (TPSA) is 50.4 Å². The summed E-state index contributed by atoms with van der Waals surface area (Å²) in [7, 11) is 1.56. The summed E-state index contributed by atoms with van der Waals surface area (Å²) in [6, 6.07) is -0.148. The predicted molar refractivity (Wildman–Crippen MR) is 71.7 cm³/mol. The summed E-state index contributed by atoms with van der Waals surface area (Å²) in [6.45, 7) is 1.66. The summed E-state index contributed by atoms with van der Waals surface area (Å²) >= 11 is 0. The lowest BCUT2D eigenvalue weighted by atomic mass is 9.83. The van der Waals surface area contributed by atoms with Crippen LogP contribution in [0.25, 0.3) is 0 Å². The van der Waals surface area contributed by atoms with E-state index in [2.05, 4.69) is 10.6 Å². The zero-order valence-corrected chi connectivity index (χ0v) is 12.3. The molecule has 2 rings (SSSR count). The van der Waals surface area contributed by atoms with Gasteiger partial charge in [-0.15, -0.1) is 0 Å². The van der Waals surface area contributed by atoms with Gasteiger partial charge in [0.2, 0.25) is 5.91 Å². The van der Waals surface area contributed by atoms with Crippen molar-refractivity contribution in [2.75, 3.05) is 26.8 Å². The van der Waals surface area contributed by atoms with Gasteiger partial charge in [-0.3, -0.25) is 4.79 Å². The van der Waals surface area contributed by atoms with Gasteiger partial charge >= 0.3 is 6.18 Å². The van der Waals surface area contributed by atoms with E-state index in [9.17, 15) is 18.0 Å². The molecular formula is C14H23F3N2O2. The Morgan fingerprint density at radius 3 is 2.48 bits per heavy atom. The number of rotatable bonds is 4. The Balaban J connectivity index is 1.86. The van der Waals surface area contributed by atoms with E-state index < -0.39 is 17.5 Å². The van der Waals surface area contributed by atoms with Crippen molar-refractivity contribution in [3.8, 4) is 0 Å². The van der Waals surface area contributed by atoms with Gasteiger partial charge in [0, 0.05) is 19.7 Å². The van der Waals surface area contributed by atoms with Crippen LogP contribution in [-0.4, -0.2) is 44.9 Å². The molecule has 1 saturated carbocycles. The molecule has 1 unspecified atom stereocenters. The summed E-state index contributed by atoms with van der Waals surface area (Å²) in [5.74, 6) is -1.31. The minimum atomic E-state index is -4.11. The number of amides is 1. The molecule has 1 saturated heterocycles. The maximum absolute atomic E-state index is 12.6. The molecule has 4 nitrogen and oxygen atoms in total. The summed E-state index contributed by atoms with van der Waals surface area (Å²) in [5, 5.41) is 6.09. The van der Waals surface area contributed by atoms with Crippen molar-refractivity contribution in [2.24, 2.45) is 11.3 Å². The second-order valence-corrected chi connectivity index (χ2v) is 6.20. The van der Waals surface area contributed by atoms with Gasteiger partial charge in [0.1, 0.15) is 0 Å². The van der Waals surface area contributed by atoms with Gasteiger partial charge in [0.15, 0.2) is 0 Å². The zero-order valence-electron chi connectivity index (χ0n) is 12.3. The average molecular weight is 308 g/mol. The van der Waals surface area contributed by atoms with Crippen LogP contribution in [0.4, 0.5) is 13.2 Å². The number of ether oxygens (including phenoxy) is 1. The molecule has 1 heterocycles. The summed E-state index contributed by atoms with van der Waals surface area (Å²) in [4.78, 5) is 12.5. The van der Waals surface area contributed by atoms with E-state index >= 15 is 0 Å². The molecule has 0 aromatic carbocycles. The first-order chi connectivity index (χ1) is 9.87. The van der Waals surface area contributed by atoms with Crippen molar-refractivity contribution in [3.05, 3.63) is 0 Å². The molecule has 0 radical (unpaired) electrons. The second kappa shape index (κ2) is 6.52. The first kappa shape index (κ1) is 16.5. The summed E-state index contributed by atoms with van der Waals surface area (Å²) in [5.41, 5.74) is -0.574. The van der Waals surface area contributed by atoms with E-state index in [1.165, 1.54) is 0 Å². The van der Waals surface area contributed by atoms with Crippen LogP contribution >= 0.6 is 0 Å². The van der Waals surface area contributed by atoms with E-state index in [0.717, 1.165) is 6.54 Å². The van der Waals surface area contributed by atoms with Crippen LogP contribution in [0.2, 0.25) is 0 Å². The zero-order chi connectivity index (χ0) is 15.5. The number of hydrogen-bond acceptors (Lipinski definition) is 3. The Bertz CT molecular complexity index is 360. The van der Waals surface area contributed by atoms with E-state index in [4.69, 9.17) is 4.74 Å². The third-order valence-electron chi connectivity index (χ3n) is 4.67. The lowest BCUT2D eigenvalue weighted by Gasteiger charge is -2.33. The van der Waals surface area contributed by atoms with Crippen LogP contribution in [0, 0.1) is 11.3 Å². The van der Waals surface area contributed by atoms with Crippen molar-refractivity contribution in [1.82, 2.24) is 10.6 Å². The molecule has 122 valence electrons. The maximum atomic E-state index is 12.6. The highest BCUT2D eigenvalue weighted by Gasteiger charge is 2.44. The lowest BCUT2D eigenvalue weighted by Crippen LogP contribution is -2.50. The van der Waals surface area contributed by atoms with Crippen molar-refractivity contribution in [1.29, 1.82) is 0 Å². The van der Waals surface area contributed by atoms with E-state index in [1.807, 2.05) is 0 Å². The first-order valence-corrected chi connectivity index (χ1v) is 7.45. The van der Waals surface area contributed by atoms with Crippen molar-refractivity contribution in [3.63, 3.8) is 0 Å². The molecule has 1 atom stereocenters. The van der Waals surface area contributed by atoms with Crippen LogP contribution in [0.3, 0.4) is 0 Å². The minimum absolute atomic E-state index is 0.0928. The standard InChI is InChI=1S/C14H23F3N2O2/c1-21-9-13(6-7-18-8-13)12(20)19-11-4-2-10(3-5-11)14(15,16)17/h10-11,18H,2-9H2,1H3,(H,19,20). The number of methoxy groups -OCH3 is 1. The van der Waals surface area contributed by atoms with Gasteiger partial charge in [0.05, 0.1) is 17.9 Å². The third-order valence-corrected chi connectivity index (χ3v) is 4.67. The number of alkyl halides is 3. The fourth-order valence-corrected chi connectivity index (χ4v) is 3.31. The highest BCUT2D eigenvalue weighted by molar-refractivity contribution is 5.83. The number of hydrogen-bond donors (Lipinski definition) is 2. The van der Waals surface area contributed by atoms with E-state index in [1.54, 1.807) is 7.11 Å². The molecule has 2 fully saturated rings. The lowest BCUT2D eigenvalue weighted by molar-refractivity contribution is -0.182. The fourth-order valence-electron chi connectivity index (χ4n) is 3.31. The molecule has 0 aromatic heterocycles. The maximum Gasteiger partial charge on any atom is 0.391 e. The summed E-state index contributed by atoms with van der Waals surface area (Å²) in [6.07, 6.45) is -2.42. The van der Waals surface area contributed by atoms with Crippen molar-refractivity contribution in [2.45, 2.75) is 44.3 Å². The Hall–Kier alpha value is -0.820. The van der Waals surface area contributed by atoms with E-state index in [0.29, 0.717) is 32.4 Å². The molecular weight excluding hydrogens is 285 g/mol. The largest absolute Gasteiger partial charge is 0.391 e. The number of nitrogens with one attached hydrogen (secondary N) is 2. The fraction of sp³-hybridized carbons (Fsp3) is 0.929.